The van der Waals surface area contributed by atoms with Gasteiger partial charge in [-0.15, -0.1) is 0 Å². The van der Waals surface area contributed by atoms with Gasteiger partial charge in [-0.3, -0.25) is 4.79 Å². The van der Waals surface area contributed by atoms with Gasteiger partial charge in [-0.1, -0.05) is 103 Å². The summed E-state index contributed by atoms with van der Waals surface area (Å²) >= 11 is 0. The van der Waals surface area contributed by atoms with Crippen LogP contribution in [0.1, 0.15) is 133 Å². The number of unbranched alkanes of at least 4 members (excludes halogenated alkanes) is 12. The fraction of sp³-hybridized carbons (Fsp3) is 0.639. The van der Waals surface area contributed by atoms with Crippen LogP contribution in [0.4, 0.5) is 0 Å². The molecule has 2 aliphatic heterocycles. The van der Waals surface area contributed by atoms with Gasteiger partial charge in [0.1, 0.15) is 23.0 Å². The van der Waals surface area contributed by atoms with Crippen LogP contribution in [0.15, 0.2) is 24.3 Å². The maximum Gasteiger partial charge on any atom is 0.300 e. The zero-order valence-corrected chi connectivity index (χ0v) is 26.0. The Morgan fingerprint density at radius 2 is 1.02 bits per heavy atom. The van der Waals surface area contributed by atoms with Gasteiger partial charge in [-0.05, 0) is 48.9 Å². The molecule has 0 aliphatic carbocycles. The first-order valence-electron chi connectivity index (χ1n) is 16.5. The normalized spacial score (nSPS) is 13.0. The van der Waals surface area contributed by atoms with Gasteiger partial charge >= 0.3 is 0 Å². The zero-order valence-electron chi connectivity index (χ0n) is 26.0. The Morgan fingerprint density at radius 1 is 0.659 bits per heavy atom. The third kappa shape index (κ3) is 10.9. The Balaban J connectivity index is 0.00000108. The van der Waals surface area contributed by atoms with E-state index in [0.717, 1.165) is 68.8 Å². The third-order valence-electron chi connectivity index (χ3n) is 8.11. The summed E-state index contributed by atoms with van der Waals surface area (Å²) in [5.41, 5.74) is 5.21. The maximum absolute atomic E-state index is 9.00. The van der Waals surface area contributed by atoms with Crippen molar-refractivity contribution < 1.29 is 24.1 Å². The van der Waals surface area contributed by atoms with E-state index in [-0.39, 0.29) is 0 Å². The molecule has 1 N–H and O–H groups in total. The number of aliphatic carboxylic acids is 1. The van der Waals surface area contributed by atoms with Gasteiger partial charge in [0.25, 0.3) is 5.97 Å². The monoisotopic (exact) mass is 566 g/mol. The van der Waals surface area contributed by atoms with Crippen molar-refractivity contribution in [1.29, 1.82) is 0 Å². The Bertz CT molecular complexity index is 979. The van der Waals surface area contributed by atoms with Crippen molar-refractivity contribution in [3.05, 3.63) is 46.5 Å². The van der Waals surface area contributed by atoms with Crippen molar-refractivity contribution in [1.82, 2.24) is 0 Å². The predicted molar refractivity (Wildman–Crippen MR) is 168 cm³/mol. The van der Waals surface area contributed by atoms with Crippen LogP contribution in [-0.2, 0) is 30.5 Å². The smallest absolute Gasteiger partial charge is 0.300 e. The Hall–Kier alpha value is -2.69. The average molecular weight is 567 g/mol. The second-order valence-corrected chi connectivity index (χ2v) is 11.6. The summed E-state index contributed by atoms with van der Waals surface area (Å²) in [6, 6.07) is 8.84. The minimum atomic E-state index is -0.833. The van der Waals surface area contributed by atoms with Crippen molar-refractivity contribution in [2.75, 3.05) is 13.2 Å². The summed E-state index contributed by atoms with van der Waals surface area (Å²) in [6.45, 7) is 7.17. The highest BCUT2D eigenvalue weighted by Crippen LogP contribution is 2.43. The van der Waals surface area contributed by atoms with E-state index in [9.17, 15) is 0 Å². The number of aryl methyl sites for hydroxylation is 2. The molecule has 2 aromatic carbocycles. The first-order valence-corrected chi connectivity index (χ1v) is 16.5. The molecule has 0 amide bonds. The molecular formula is C36H54O5. The van der Waals surface area contributed by atoms with Crippen molar-refractivity contribution in [2.24, 2.45) is 0 Å². The van der Waals surface area contributed by atoms with E-state index in [1.54, 1.807) is 0 Å². The molecule has 0 aromatic heterocycles. The van der Waals surface area contributed by atoms with E-state index in [1.165, 1.54) is 112 Å². The summed E-state index contributed by atoms with van der Waals surface area (Å²) < 4.78 is 18.8. The third-order valence-corrected chi connectivity index (χ3v) is 8.11. The van der Waals surface area contributed by atoms with Crippen LogP contribution in [0.3, 0.4) is 0 Å². The van der Waals surface area contributed by atoms with Gasteiger partial charge in [0, 0.05) is 30.9 Å². The second kappa shape index (κ2) is 18.7. The summed E-state index contributed by atoms with van der Waals surface area (Å²) in [7, 11) is 0. The molecule has 228 valence electrons. The first-order chi connectivity index (χ1) is 20.0. The number of hydrogen-bond donors (Lipinski definition) is 1. The van der Waals surface area contributed by atoms with E-state index < -0.39 is 5.97 Å². The van der Waals surface area contributed by atoms with E-state index in [0.29, 0.717) is 0 Å². The number of benzene rings is 2. The number of hydrogen-bond acceptors (Lipinski definition) is 4. The molecule has 0 saturated carbocycles. The lowest BCUT2D eigenvalue weighted by molar-refractivity contribution is -0.134. The van der Waals surface area contributed by atoms with Gasteiger partial charge in [-0.25, -0.2) is 0 Å². The standard InChI is InChI=1S/C34H50O3.C2H4O2/c1-3-5-7-9-11-13-15-17-27-19-21-31(29-23-25-35-33(27)29)37-32-22-20-28(34-30(32)24-26-36-34)18-16-14-12-10-8-6-4-2;1-2(3)4/h19-22H,3-18,23-26H2,1-2H3;1H3,(H,3,4). The number of carbonyl (C=O) groups is 1. The molecule has 0 saturated heterocycles. The lowest BCUT2D eigenvalue weighted by Crippen LogP contribution is -1.97. The molecule has 41 heavy (non-hydrogen) atoms. The Morgan fingerprint density at radius 3 is 1.41 bits per heavy atom. The minimum absolute atomic E-state index is 0.762. The largest absolute Gasteiger partial charge is 0.493 e. The molecule has 0 radical (unpaired) electrons. The number of ether oxygens (including phenoxy) is 3. The quantitative estimate of drug-likeness (QED) is 0.182. The molecule has 4 rings (SSSR count). The molecule has 5 heteroatoms. The van der Waals surface area contributed by atoms with Crippen LogP contribution in [0.25, 0.3) is 0 Å². The van der Waals surface area contributed by atoms with Crippen molar-refractivity contribution in [3.63, 3.8) is 0 Å². The SMILES string of the molecule is CC(=O)O.CCCCCCCCCc1ccc(Oc2ccc(CCCCCCCCC)c3c2CCO3)c2c1OCC2. The molecule has 5 nitrogen and oxygen atoms in total. The fourth-order valence-electron chi connectivity index (χ4n) is 5.91. The van der Waals surface area contributed by atoms with E-state index in [4.69, 9.17) is 24.1 Å². The van der Waals surface area contributed by atoms with Crippen LogP contribution < -0.4 is 14.2 Å². The lowest BCUT2D eigenvalue weighted by Gasteiger charge is -2.16. The van der Waals surface area contributed by atoms with Crippen LogP contribution in [0, 0.1) is 0 Å². The molecule has 0 bridgehead atoms. The Labute approximate surface area is 249 Å². The lowest BCUT2D eigenvalue weighted by atomic mass is 10.00. The van der Waals surface area contributed by atoms with Gasteiger partial charge < -0.3 is 19.3 Å². The zero-order chi connectivity index (χ0) is 29.3. The fourth-order valence-corrected chi connectivity index (χ4v) is 5.91. The number of carboxylic acid groups (broad SMARTS) is 1. The van der Waals surface area contributed by atoms with Crippen LogP contribution in [0.5, 0.6) is 23.0 Å². The van der Waals surface area contributed by atoms with Gasteiger partial charge in [0.15, 0.2) is 0 Å². The molecule has 2 aliphatic rings. The topological polar surface area (TPSA) is 65.0 Å². The number of rotatable bonds is 18. The predicted octanol–water partition coefficient (Wildman–Crippen LogP) is 10.0. The average Bonchev–Trinajstić information content (AvgIpc) is 3.65. The van der Waals surface area contributed by atoms with Crippen LogP contribution in [0.2, 0.25) is 0 Å². The number of fused-ring (bicyclic) bond motifs is 2. The maximum atomic E-state index is 9.00. The summed E-state index contributed by atoms with van der Waals surface area (Å²) in [5, 5.41) is 7.42. The van der Waals surface area contributed by atoms with E-state index in [1.807, 2.05) is 0 Å². The molecular weight excluding hydrogens is 512 g/mol. The minimum Gasteiger partial charge on any atom is -0.493 e. The molecule has 0 atom stereocenters. The van der Waals surface area contributed by atoms with E-state index >= 15 is 0 Å². The van der Waals surface area contributed by atoms with Crippen molar-refractivity contribution in [3.8, 4) is 23.0 Å². The highest BCUT2D eigenvalue weighted by Gasteiger charge is 2.25. The first kappa shape index (κ1) is 32.8. The highest BCUT2D eigenvalue weighted by atomic mass is 16.5. The summed E-state index contributed by atoms with van der Waals surface area (Å²) in [4.78, 5) is 9.00. The summed E-state index contributed by atoms with van der Waals surface area (Å²) in [6.07, 6.45) is 22.8. The van der Waals surface area contributed by atoms with Gasteiger partial charge in [0.2, 0.25) is 0 Å². The molecule has 0 fully saturated rings. The van der Waals surface area contributed by atoms with Crippen LogP contribution >= 0.6 is 0 Å². The van der Waals surface area contributed by atoms with Crippen molar-refractivity contribution >= 4 is 5.97 Å². The van der Waals surface area contributed by atoms with Gasteiger partial charge in [0.05, 0.1) is 13.2 Å². The van der Waals surface area contributed by atoms with Crippen molar-refractivity contribution in [2.45, 2.75) is 136 Å². The second-order valence-electron chi connectivity index (χ2n) is 11.6. The summed E-state index contributed by atoms with van der Waals surface area (Å²) in [5.74, 6) is 3.27. The molecule has 2 heterocycles. The molecule has 2 aromatic rings. The highest BCUT2D eigenvalue weighted by molar-refractivity contribution is 5.63. The molecule has 0 unspecified atom stereocenters. The van der Waals surface area contributed by atoms with E-state index in [2.05, 4.69) is 38.1 Å². The van der Waals surface area contributed by atoms with Gasteiger partial charge in [-0.2, -0.15) is 0 Å². The molecule has 0 spiro atoms. The number of carboxylic acids is 1. The van der Waals surface area contributed by atoms with Crippen LogP contribution in [-0.4, -0.2) is 24.3 Å². The Kier molecular flexibility index (Phi) is 15.0.